The van der Waals surface area contributed by atoms with Crippen LogP contribution in [-0.4, -0.2) is 26.4 Å². The van der Waals surface area contributed by atoms with Crippen molar-refractivity contribution in [3.8, 4) is 0 Å². The highest BCUT2D eigenvalue weighted by atomic mass is 35.5. The third kappa shape index (κ3) is 2.53. The summed E-state index contributed by atoms with van der Waals surface area (Å²) in [6, 6.07) is 5.71. The first kappa shape index (κ1) is 14.7. The van der Waals surface area contributed by atoms with E-state index < -0.39 is 5.97 Å². The van der Waals surface area contributed by atoms with Crippen LogP contribution in [0.4, 0.5) is 0 Å². The molecule has 1 aliphatic carbocycles. The number of imidazole rings is 1. The number of fused-ring (bicyclic) bond motifs is 1. The normalized spacial score (nSPS) is 16.9. The highest BCUT2D eigenvalue weighted by Gasteiger charge is 2.39. The number of carboxylic acids is 1. The van der Waals surface area contributed by atoms with E-state index in [1.54, 1.807) is 0 Å². The highest BCUT2D eigenvalue weighted by molar-refractivity contribution is 7.99. The van der Waals surface area contributed by atoms with Crippen LogP contribution in [0.15, 0.2) is 23.4 Å². The largest absolute Gasteiger partial charge is 0.481 e. The molecule has 1 aromatic carbocycles. The van der Waals surface area contributed by atoms with Crippen LogP contribution in [0, 0.1) is 0 Å². The number of aliphatic carboxylic acids is 1. The van der Waals surface area contributed by atoms with Crippen molar-refractivity contribution in [3.63, 3.8) is 0 Å². The molecule has 0 saturated heterocycles. The Bertz CT molecular complexity index is 689. The Morgan fingerprint density at radius 1 is 1.52 bits per heavy atom. The molecule has 4 nitrogen and oxygen atoms in total. The number of hydrogen-bond donors (Lipinski definition) is 1. The molecule has 0 aliphatic heterocycles. The van der Waals surface area contributed by atoms with Gasteiger partial charge in [-0.3, -0.25) is 4.79 Å². The van der Waals surface area contributed by atoms with Crippen molar-refractivity contribution in [2.75, 3.05) is 5.75 Å². The van der Waals surface area contributed by atoms with Crippen molar-refractivity contribution in [2.24, 2.45) is 0 Å². The van der Waals surface area contributed by atoms with Crippen LogP contribution < -0.4 is 0 Å². The fourth-order valence-electron chi connectivity index (χ4n) is 3.03. The molecule has 0 bridgehead atoms. The minimum absolute atomic E-state index is 0.0247. The van der Waals surface area contributed by atoms with Gasteiger partial charge in [-0.2, -0.15) is 0 Å². The van der Waals surface area contributed by atoms with E-state index in [1.807, 2.05) is 18.2 Å². The summed E-state index contributed by atoms with van der Waals surface area (Å²) in [7, 11) is 0. The van der Waals surface area contributed by atoms with E-state index in [0.29, 0.717) is 5.02 Å². The first-order valence-corrected chi connectivity index (χ1v) is 8.45. The summed E-state index contributed by atoms with van der Waals surface area (Å²) < 4.78 is 2.25. The molecule has 1 aliphatic rings. The zero-order chi connectivity index (χ0) is 15.0. The Kier molecular flexibility index (Phi) is 3.88. The van der Waals surface area contributed by atoms with Crippen LogP contribution in [-0.2, 0) is 10.3 Å². The predicted octanol–water partition coefficient (Wildman–Crippen LogP) is 4.16. The molecule has 3 rings (SSSR count). The summed E-state index contributed by atoms with van der Waals surface area (Å²) in [6.45, 7) is 2.19. The molecule has 0 unspecified atom stereocenters. The first-order valence-electron chi connectivity index (χ1n) is 7.09. The quantitative estimate of drug-likeness (QED) is 0.839. The summed E-state index contributed by atoms with van der Waals surface area (Å²) in [6.07, 6.45) is 4.49. The van der Waals surface area contributed by atoms with Crippen LogP contribution in [0.3, 0.4) is 0 Å². The molecule has 2 aromatic rings. The second-order valence-electron chi connectivity index (χ2n) is 5.48. The summed E-state index contributed by atoms with van der Waals surface area (Å²) in [5.41, 5.74) is 1.98. The van der Waals surface area contributed by atoms with Crippen molar-refractivity contribution >= 4 is 40.4 Å². The van der Waals surface area contributed by atoms with Gasteiger partial charge in [0.15, 0.2) is 5.16 Å². The third-order valence-electron chi connectivity index (χ3n) is 4.33. The molecule has 6 heteroatoms. The third-order valence-corrected chi connectivity index (χ3v) is 5.49. The molecule has 1 saturated carbocycles. The smallest absolute Gasteiger partial charge is 0.313 e. The molecular formula is C15H17ClN2O2S. The zero-order valence-electron chi connectivity index (χ0n) is 11.8. The van der Waals surface area contributed by atoms with Crippen LogP contribution in [0.25, 0.3) is 11.0 Å². The van der Waals surface area contributed by atoms with Gasteiger partial charge in [-0.05, 0) is 43.9 Å². The lowest BCUT2D eigenvalue weighted by Crippen LogP contribution is -2.40. The van der Waals surface area contributed by atoms with Gasteiger partial charge in [-0.15, -0.1) is 0 Å². The van der Waals surface area contributed by atoms with Crippen LogP contribution in [0.1, 0.15) is 32.6 Å². The summed E-state index contributed by atoms with van der Waals surface area (Å²) >= 11 is 7.34. The number of thioether (sulfide) groups is 1. The monoisotopic (exact) mass is 324 g/mol. The number of carbonyl (C=O) groups is 1. The number of benzene rings is 1. The lowest BCUT2D eigenvalue weighted by molar-refractivity contribution is -0.133. The van der Waals surface area contributed by atoms with Crippen molar-refractivity contribution < 1.29 is 9.90 Å². The lowest BCUT2D eigenvalue weighted by Gasteiger charge is -2.43. The van der Waals surface area contributed by atoms with Gasteiger partial charge in [0.1, 0.15) is 0 Å². The van der Waals surface area contributed by atoms with Crippen LogP contribution in [0.2, 0.25) is 5.02 Å². The Hall–Kier alpha value is -1.20. The van der Waals surface area contributed by atoms with E-state index in [4.69, 9.17) is 16.7 Å². The first-order chi connectivity index (χ1) is 10.1. The summed E-state index contributed by atoms with van der Waals surface area (Å²) in [5, 5.41) is 10.4. The second-order valence-corrected chi connectivity index (χ2v) is 6.86. The fraction of sp³-hybridized carbons (Fsp3) is 0.467. The standard InChI is InChI=1S/C15H17ClN2O2S/c1-2-15(6-3-7-15)18-12-5-4-10(16)8-11(12)17-14(18)21-9-13(19)20/h4-5,8H,2-3,6-7,9H2,1H3,(H,19,20). The summed E-state index contributed by atoms with van der Waals surface area (Å²) in [5.74, 6) is -0.799. The van der Waals surface area contributed by atoms with Gasteiger partial charge in [0.25, 0.3) is 0 Å². The molecule has 0 atom stereocenters. The Morgan fingerprint density at radius 3 is 2.86 bits per heavy atom. The number of hydrogen-bond acceptors (Lipinski definition) is 3. The van der Waals surface area contributed by atoms with Crippen LogP contribution in [0.5, 0.6) is 0 Å². The molecule has 0 amide bonds. The number of nitrogens with zero attached hydrogens (tertiary/aromatic N) is 2. The molecule has 1 heterocycles. The topological polar surface area (TPSA) is 55.1 Å². The van der Waals surface area contributed by atoms with Crippen LogP contribution >= 0.6 is 23.4 Å². The molecule has 0 radical (unpaired) electrons. The molecule has 112 valence electrons. The molecule has 0 spiro atoms. The highest BCUT2D eigenvalue weighted by Crippen LogP contribution is 2.46. The van der Waals surface area contributed by atoms with Gasteiger partial charge in [0.05, 0.1) is 16.8 Å². The van der Waals surface area contributed by atoms with Gasteiger partial charge in [0.2, 0.25) is 0 Å². The lowest BCUT2D eigenvalue weighted by atomic mass is 9.74. The zero-order valence-corrected chi connectivity index (χ0v) is 13.4. The maximum atomic E-state index is 10.9. The SMILES string of the molecule is CCC1(n2c(SCC(=O)O)nc3cc(Cl)ccc32)CCC1. The Labute approximate surface area is 132 Å². The number of carboxylic acid groups (broad SMARTS) is 1. The van der Waals surface area contributed by atoms with Gasteiger partial charge >= 0.3 is 5.97 Å². The van der Waals surface area contributed by atoms with Gasteiger partial charge < -0.3 is 9.67 Å². The van der Waals surface area contributed by atoms with Crippen molar-refractivity contribution in [1.29, 1.82) is 0 Å². The summed E-state index contributed by atoms with van der Waals surface area (Å²) in [4.78, 5) is 15.5. The van der Waals surface area contributed by atoms with Gasteiger partial charge in [0, 0.05) is 10.6 Å². The maximum absolute atomic E-state index is 10.9. The maximum Gasteiger partial charge on any atom is 0.313 e. The number of aromatic nitrogens is 2. The van der Waals surface area contributed by atoms with E-state index in [0.717, 1.165) is 35.5 Å². The van der Waals surface area contributed by atoms with E-state index >= 15 is 0 Å². The molecule has 1 fully saturated rings. The average Bonchev–Trinajstić information content (AvgIpc) is 2.74. The Morgan fingerprint density at radius 2 is 2.29 bits per heavy atom. The predicted molar refractivity (Wildman–Crippen MR) is 85.2 cm³/mol. The van der Waals surface area contributed by atoms with Crippen molar-refractivity contribution in [2.45, 2.75) is 43.3 Å². The van der Waals surface area contributed by atoms with E-state index in [1.165, 1.54) is 18.2 Å². The number of rotatable bonds is 5. The van der Waals surface area contributed by atoms with E-state index in [9.17, 15) is 4.79 Å². The van der Waals surface area contributed by atoms with E-state index in [-0.39, 0.29) is 11.3 Å². The van der Waals surface area contributed by atoms with E-state index in [2.05, 4.69) is 16.5 Å². The van der Waals surface area contributed by atoms with Gasteiger partial charge in [-0.25, -0.2) is 4.98 Å². The molecule has 1 aromatic heterocycles. The molecular weight excluding hydrogens is 308 g/mol. The Balaban J connectivity index is 2.13. The molecule has 1 N–H and O–H groups in total. The molecule has 21 heavy (non-hydrogen) atoms. The van der Waals surface area contributed by atoms with Crippen molar-refractivity contribution in [1.82, 2.24) is 9.55 Å². The second kappa shape index (κ2) is 5.54. The average molecular weight is 325 g/mol. The van der Waals surface area contributed by atoms with Crippen molar-refractivity contribution in [3.05, 3.63) is 23.2 Å². The minimum Gasteiger partial charge on any atom is -0.481 e. The minimum atomic E-state index is -0.823. The van der Waals surface area contributed by atoms with Gasteiger partial charge in [-0.1, -0.05) is 30.3 Å². The number of halogens is 1. The fourth-order valence-corrected chi connectivity index (χ4v) is 4.04.